The van der Waals surface area contributed by atoms with Crippen LogP contribution < -0.4 is 9.47 Å². The quantitative estimate of drug-likeness (QED) is 0.532. The van der Waals surface area contributed by atoms with E-state index >= 15 is 0 Å². The minimum absolute atomic E-state index is 0.730. The SMILES string of the molecule is COc1cccc2nc3c(OC)ccc(CC=C(C)C)c3nc12. The second kappa shape index (κ2) is 6.24. The first kappa shape index (κ1) is 15.3. The smallest absolute Gasteiger partial charge is 0.146 e. The van der Waals surface area contributed by atoms with Gasteiger partial charge in [-0.2, -0.15) is 0 Å². The van der Waals surface area contributed by atoms with E-state index in [1.54, 1.807) is 14.2 Å². The van der Waals surface area contributed by atoms with Gasteiger partial charge in [0, 0.05) is 0 Å². The summed E-state index contributed by atoms with van der Waals surface area (Å²) in [4.78, 5) is 9.59. The zero-order valence-corrected chi connectivity index (χ0v) is 13.9. The third kappa shape index (κ3) is 2.84. The standard InChI is InChI=1S/C19H20N2O2/c1-12(2)8-9-13-10-11-16(23-4)19-17(13)21-18-14(20-19)6-5-7-15(18)22-3/h5-8,10-11H,9H2,1-4H3. The number of benzene rings is 2. The Balaban J connectivity index is 2.33. The van der Waals surface area contributed by atoms with Gasteiger partial charge in [-0.25, -0.2) is 9.97 Å². The van der Waals surface area contributed by atoms with Gasteiger partial charge in [-0.1, -0.05) is 23.8 Å². The summed E-state index contributed by atoms with van der Waals surface area (Å²) in [5.41, 5.74) is 5.62. The van der Waals surface area contributed by atoms with Gasteiger partial charge in [-0.3, -0.25) is 0 Å². The van der Waals surface area contributed by atoms with Crippen LogP contribution in [0.1, 0.15) is 19.4 Å². The highest BCUT2D eigenvalue weighted by Gasteiger charge is 2.13. The molecule has 0 radical (unpaired) electrons. The average Bonchev–Trinajstić information content (AvgIpc) is 2.57. The molecule has 1 aromatic heterocycles. The van der Waals surface area contributed by atoms with Crippen LogP contribution in [0, 0.1) is 0 Å². The third-order valence-corrected chi connectivity index (χ3v) is 3.80. The molecule has 4 heteroatoms. The van der Waals surface area contributed by atoms with Crippen LogP contribution in [-0.4, -0.2) is 24.2 Å². The summed E-state index contributed by atoms with van der Waals surface area (Å²) in [5.74, 6) is 1.46. The van der Waals surface area contributed by atoms with Gasteiger partial charge in [0.15, 0.2) is 0 Å². The van der Waals surface area contributed by atoms with Gasteiger partial charge in [0.1, 0.15) is 22.5 Å². The zero-order valence-electron chi connectivity index (χ0n) is 13.9. The molecular weight excluding hydrogens is 288 g/mol. The Morgan fingerprint density at radius 3 is 2.35 bits per heavy atom. The Hall–Kier alpha value is -2.62. The average molecular weight is 308 g/mol. The summed E-state index contributed by atoms with van der Waals surface area (Å²) in [7, 11) is 3.30. The molecule has 0 aliphatic heterocycles. The van der Waals surface area contributed by atoms with Crippen molar-refractivity contribution in [2.75, 3.05) is 14.2 Å². The molecule has 118 valence electrons. The van der Waals surface area contributed by atoms with Gasteiger partial charge < -0.3 is 9.47 Å². The van der Waals surface area contributed by atoms with E-state index in [0.29, 0.717) is 0 Å². The van der Waals surface area contributed by atoms with Crippen LogP contribution in [0.25, 0.3) is 22.1 Å². The van der Waals surface area contributed by atoms with E-state index in [-0.39, 0.29) is 0 Å². The van der Waals surface area contributed by atoms with Crippen LogP contribution in [0.4, 0.5) is 0 Å². The predicted octanol–water partition coefficient (Wildman–Crippen LogP) is 4.31. The van der Waals surface area contributed by atoms with E-state index in [1.165, 1.54) is 5.57 Å². The molecule has 0 spiro atoms. The van der Waals surface area contributed by atoms with Crippen LogP contribution >= 0.6 is 0 Å². The van der Waals surface area contributed by atoms with Gasteiger partial charge in [0.2, 0.25) is 0 Å². The molecular formula is C19H20N2O2. The third-order valence-electron chi connectivity index (χ3n) is 3.80. The van der Waals surface area contributed by atoms with E-state index < -0.39 is 0 Å². The number of ether oxygens (including phenoxy) is 2. The molecule has 0 atom stereocenters. The number of nitrogens with zero attached hydrogens (tertiary/aromatic N) is 2. The number of allylic oxidation sites excluding steroid dienone is 2. The van der Waals surface area contributed by atoms with Crippen LogP contribution in [0.5, 0.6) is 11.5 Å². The fourth-order valence-electron chi connectivity index (χ4n) is 2.59. The van der Waals surface area contributed by atoms with Crippen molar-refractivity contribution in [3.63, 3.8) is 0 Å². The van der Waals surface area contributed by atoms with Crippen molar-refractivity contribution in [2.24, 2.45) is 0 Å². The fraction of sp³-hybridized carbons (Fsp3) is 0.263. The van der Waals surface area contributed by atoms with E-state index in [4.69, 9.17) is 19.4 Å². The normalized spacial score (nSPS) is 10.8. The number of hydrogen-bond donors (Lipinski definition) is 0. The molecule has 3 rings (SSSR count). The van der Waals surface area contributed by atoms with Gasteiger partial charge in [0.05, 0.1) is 25.3 Å². The Morgan fingerprint density at radius 1 is 0.913 bits per heavy atom. The summed E-state index contributed by atoms with van der Waals surface area (Å²) in [5, 5.41) is 0. The number of para-hydroxylation sites is 1. The van der Waals surface area contributed by atoms with Gasteiger partial charge in [0.25, 0.3) is 0 Å². The zero-order chi connectivity index (χ0) is 16.4. The molecule has 0 N–H and O–H groups in total. The number of hydrogen-bond acceptors (Lipinski definition) is 4. The Bertz CT molecular complexity index is 897. The van der Waals surface area contributed by atoms with Crippen LogP contribution in [0.15, 0.2) is 42.0 Å². The van der Waals surface area contributed by atoms with Crippen molar-refractivity contribution >= 4 is 22.1 Å². The van der Waals surface area contributed by atoms with Crippen molar-refractivity contribution in [1.29, 1.82) is 0 Å². The summed E-state index contributed by atoms with van der Waals surface area (Å²) in [6, 6.07) is 9.76. The Kier molecular flexibility index (Phi) is 4.15. The fourth-order valence-corrected chi connectivity index (χ4v) is 2.59. The molecule has 0 fully saturated rings. The maximum atomic E-state index is 5.46. The predicted molar refractivity (Wildman–Crippen MR) is 93.3 cm³/mol. The molecule has 0 aliphatic rings. The highest BCUT2D eigenvalue weighted by molar-refractivity contribution is 5.93. The van der Waals surface area contributed by atoms with Crippen LogP contribution in [0.3, 0.4) is 0 Å². The summed E-state index contributed by atoms with van der Waals surface area (Å²) in [6.45, 7) is 4.19. The first-order valence-corrected chi connectivity index (χ1v) is 7.57. The van der Waals surface area contributed by atoms with Crippen molar-refractivity contribution in [2.45, 2.75) is 20.3 Å². The Labute approximate surface area is 135 Å². The molecule has 0 bridgehead atoms. The maximum Gasteiger partial charge on any atom is 0.146 e. The summed E-state index contributed by atoms with van der Waals surface area (Å²) in [6.07, 6.45) is 3.01. The minimum Gasteiger partial charge on any atom is -0.494 e. The van der Waals surface area contributed by atoms with Crippen molar-refractivity contribution < 1.29 is 9.47 Å². The molecule has 3 aromatic rings. The van der Waals surface area contributed by atoms with Crippen LogP contribution in [0.2, 0.25) is 0 Å². The molecule has 0 saturated heterocycles. The summed E-state index contributed by atoms with van der Waals surface area (Å²) >= 11 is 0. The van der Waals surface area contributed by atoms with E-state index in [2.05, 4.69) is 26.0 Å². The topological polar surface area (TPSA) is 44.2 Å². The molecule has 0 saturated carbocycles. The van der Waals surface area contributed by atoms with E-state index in [0.717, 1.165) is 45.6 Å². The van der Waals surface area contributed by atoms with Crippen LogP contribution in [-0.2, 0) is 6.42 Å². The largest absolute Gasteiger partial charge is 0.494 e. The summed E-state index contributed by atoms with van der Waals surface area (Å²) < 4.78 is 10.9. The first-order valence-electron chi connectivity index (χ1n) is 7.57. The molecule has 0 amide bonds. The van der Waals surface area contributed by atoms with Gasteiger partial charge in [-0.15, -0.1) is 0 Å². The highest BCUT2D eigenvalue weighted by Crippen LogP contribution is 2.31. The van der Waals surface area contributed by atoms with Crippen molar-refractivity contribution in [3.05, 3.63) is 47.5 Å². The number of methoxy groups -OCH3 is 2. The molecule has 1 heterocycles. The van der Waals surface area contributed by atoms with Gasteiger partial charge >= 0.3 is 0 Å². The lowest BCUT2D eigenvalue weighted by Crippen LogP contribution is -1.97. The number of fused-ring (bicyclic) bond motifs is 2. The lowest BCUT2D eigenvalue weighted by Gasteiger charge is -2.11. The number of aromatic nitrogens is 2. The van der Waals surface area contributed by atoms with E-state index in [9.17, 15) is 0 Å². The lowest BCUT2D eigenvalue weighted by atomic mass is 10.1. The first-order chi connectivity index (χ1) is 11.1. The second-order valence-electron chi connectivity index (χ2n) is 5.66. The molecule has 2 aromatic carbocycles. The number of rotatable bonds is 4. The van der Waals surface area contributed by atoms with Crippen molar-refractivity contribution in [3.8, 4) is 11.5 Å². The molecule has 0 aliphatic carbocycles. The van der Waals surface area contributed by atoms with Crippen molar-refractivity contribution in [1.82, 2.24) is 9.97 Å². The second-order valence-corrected chi connectivity index (χ2v) is 5.66. The Morgan fingerprint density at radius 2 is 1.65 bits per heavy atom. The van der Waals surface area contributed by atoms with E-state index in [1.807, 2.05) is 24.3 Å². The minimum atomic E-state index is 0.730. The molecule has 0 unspecified atom stereocenters. The van der Waals surface area contributed by atoms with Gasteiger partial charge in [-0.05, 0) is 44.0 Å². The molecule has 4 nitrogen and oxygen atoms in total. The maximum absolute atomic E-state index is 5.46. The lowest BCUT2D eigenvalue weighted by molar-refractivity contribution is 0.417. The molecule has 23 heavy (non-hydrogen) atoms. The highest BCUT2D eigenvalue weighted by atomic mass is 16.5. The monoisotopic (exact) mass is 308 g/mol.